The Balaban J connectivity index is 2.31. The van der Waals surface area contributed by atoms with Gasteiger partial charge in [-0.2, -0.15) is 0 Å². The van der Waals surface area contributed by atoms with Gasteiger partial charge in [0.1, 0.15) is 6.04 Å². The molecule has 5 nitrogen and oxygen atoms in total. The molecule has 0 fully saturated rings. The summed E-state index contributed by atoms with van der Waals surface area (Å²) in [4.78, 5) is 12.7. The lowest BCUT2D eigenvalue weighted by molar-refractivity contribution is -0.116. The van der Waals surface area contributed by atoms with Crippen LogP contribution in [0.4, 0.5) is 11.4 Å². The summed E-state index contributed by atoms with van der Waals surface area (Å²) >= 11 is 0. The zero-order valence-electron chi connectivity index (χ0n) is 15.0. The number of anilines is 2. The second-order valence-electron chi connectivity index (χ2n) is 6.07. The lowest BCUT2D eigenvalue weighted by atomic mass is 10.1. The van der Waals surface area contributed by atoms with E-state index in [1.165, 1.54) is 0 Å². The summed E-state index contributed by atoms with van der Waals surface area (Å²) in [5, 5.41) is 2.85. The number of amides is 1. The molecule has 0 saturated heterocycles. The van der Waals surface area contributed by atoms with Gasteiger partial charge in [-0.1, -0.05) is 42.8 Å². The van der Waals surface area contributed by atoms with E-state index in [4.69, 9.17) is 0 Å². The summed E-state index contributed by atoms with van der Waals surface area (Å²) in [6, 6.07) is 13.7. The molecule has 1 N–H and O–H groups in total. The predicted molar refractivity (Wildman–Crippen MR) is 102 cm³/mol. The molecular weight excluding hydrogens is 336 g/mol. The van der Waals surface area contributed by atoms with Crippen LogP contribution in [0.2, 0.25) is 0 Å². The summed E-state index contributed by atoms with van der Waals surface area (Å²) < 4.78 is 25.7. The minimum absolute atomic E-state index is 0.369. The number of nitrogens with one attached hydrogen (secondary N) is 1. The monoisotopic (exact) mass is 360 g/mol. The van der Waals surface area contributed by atoms with Crippen molar-refractivity contribution in [2.24, 2.45) is 0 Å². The molecule has 0 aliphatic rings. The third kappa shape index (κ3) is 4.60. The Labute approximate surface area is 149 Å². The van der Waals surface area contributed by atoms with Crippen LogP contribution in [0.1, 0.15) is 25.0 Å². The molecule has 0 radical (unpaired) electrons. The average Bonchev–Trinajstić information content (AvgIpc) is 2.56. The van der Waals surface area contributed by atoms with Crippen molar-refractivity contribution in [3.63, 3.8) is 0 Å². The molecule has 0 saturated carbocycles. The number of benzene rings is 2. The fourth-order valence-electron chi connectivity index (χ4n) is 2.69. The predicted octanol–water partition coefficient (Wildman–Crippen LogP) is 3.35. The maximum atomic E-state index is 12.7. The summed E-state index contributed by atoms with van der Waals surface area (Å²) in [6.45, 7) is 5.51. The van der Waals surface area contributed by atoms with E-state index >= 15 is 0 Å². The molecule has 134 valence electrons. The number of nitrogens with zero attached hydrogens (tertiary/aromatic N) is 1. The first-order valence-corrected chi connectivity index (χ1v) is 10.0. The normalized spacial score (nSPS) is 12.5. The highest BCUT2D eigenvalue weighted by Crippen LogP contribution is 2.23. The van der Waals surface area contributed by atoms with Crippen molar-refractivity contribution < 1.29 is 13.2 Å². The molecule has 2 aromatic carbocycles. The molecule has 0 aliphatic heterocycles. The number of aryl methyl sites for hydroxylation is 2. The highest BCUT2D eigenvalue weighted by Gasteiger charge is 2.29. The molecular formula is C19H24N2O3S. The van der Waals surface area contributed by atoms with Crippen molar-refractivity contribution in [2.45, 2.75) is 33.2 Å². The molecule has 0 unspecified atom stereocenters. The lowest BCUT2D eigenvalue weighted by Crippen LogP contribution is -2.45. The summed E-state index contributed by atoms with van der Waals surface area (Å²) in [5.41, 5.74) is 3.20. The van der Waals surface area contributed by atoms with Gasteiger partial charge in [-0.3, -0.25) is 9.10 Å². The summed E-state index contributed by atoms with van der Waals surface area (Å²) in [7, 11) is -3.61. The molecule has 0 spiro atoms. The maximum Gasteiger partial charge on any atom is 0.248 e. The number of para-hydroxylation sites is 1. The van der Waals surface area contributed by atoms with Crippen molar-refractivity contribution in [3.05, 3.63) is 59.7 Å². The van der Waals surface area contributed by atoms with Crippen molar-refractivity contribution in [1.82, 2.24) is 0 Å². The van der Waals surface area contributed by atoms with Gasteiger partial charge in [0.25, 0.3) is 0 Å². The van der Waals surface area contributed by atoms with Crippen LogP contribution in [0.3, 0.4) is 0 Å². The van der Waals surface area contributed by atoms with Gasteiger partial charge in [0.2, 0.25) is 15.9 Å². The minimum Gasteiger partial charge on any atom is -0.324 e. The summed E-state index contributed by atoms with van der Waals surface area (Å²) in [5.74, 6) is -0.369. The first kappa shape index (κ1) is 19.0. The van der Waals surface area contributed by atoms with Crippen LogP contribution < -0.4 is 9.62 Å². The molecule has 2 aromatic rings. The molecule has 1 amide bonds. The lowest BCUT2D eigenvalue weighted by Gasteiger charge is -2.28. The van der Waals surface area contributed by atoms with Gasteiger partial charge >= 0.3 is 0 Å². The molecule has 0 heterocycles. The fourth-order valence-corrected chi connectivity index (χ4v) is 3.86. The standard InChI is InChI=1S/C19H24N2O3S/c1-5-16-8-6-7-9-18(16)20-19(22)15(3)21(25(4,23)24)17-12-10-14(2)11-13-17/h6-13,15H,5H2,1-4H3,(H,20,22)/t15-/m0/s1. The van der Waals surface area contributed by atoms with Crippen molar-refractivity contribution in [1.29, 1.82) is 0 Å². The first-order valence-electron chi connectivity index (χ1n) is 8.19. The van der Waals surface area contributed by atoms with Crippen LogP contribution >= 0.6 is 0 Å². The third-order valence-electron chi connectivity index (χ3n) is 4.03. The van der Waals surface area contributed by atoms with Gasteiger partial charge in [-0.05, 0) is 44.0 Å². The number of sulfonamides is 1. The Morgan fingerprint density at radius 3 is 2.28 bits per heavy atom. The average molecular weight is 360 g/mol. The van der Waals surface area contributed by atoms with E-state index in [2.05, 4.69) is 5.32 Å². The van der Waals surface area contributed by atoms with E-state index in [0.717, 1.165) is 28.1 Å². The highest BCUT2D eigenvalue weighted by molar-refractivity contribution is 7.92. The number of carbonyl (C=O) groups is 1. The van der Waals surface area contributed by atoms with Crippen LogP contribution in [-0.2, 0) is 21.2 Å². The first-order chi connectivity index (χ1) is 11.7. The topological polar surface area (TPSA) is 66.5 Å². The second-order valence-corrected chi connectivity index (χ2v) is 7.93. The van der Waals surface area contributed by atoms with Crippen LogP contribution in [-0.4, -0.2) is 26.6 Å². The van der Waals surface area contributed by atoms with Crippen LogP contribution in [0.25, 0.3) is 0 Å². The molecule has 1 atom stereocenters. The Bertz CT molecular complexity index is 845. The molecule has 2 rings (SSSR count). The Hall–Kier alpha value is -2.34. The molecule has 0 aromatic heterocycles. The van der Waals surface area contributed by atoms with Gasteiger partial charge in [0.15, 0.2) is 0 Å². The van der Waals surface area contributed by atoms with E-state index < -0.39 is 16.1 Å². The van der Waals surface area contributed by atoms with Crippen molar-refractivity contribution in [2.75, 3.05) is 15.9 Å². The van der Waals surface area contributed by atoms with Gasteiger partial charge < -0.3 is 5.32 Å². The Morgan fingerprint density at radius 1 is 1.12 bits per heavy atom. The smallest absolute Gasteiger partial charge is 0.248 e. The van der Waals surface area contributed by atoms with Gasteiger partial charge in [-0.15, -0.1) is 0 Å². The summed E-state index contributed by atoms with van der Waals surface area (Å²) in [6.07, 6.45) is 1.88. The number of carbonyl (C=O) groups excluding carboxylic acids is 1. The Morgan fingerprint density at radius 2 is 1.72 bits per heavy atom. The van der Waals surface area contributed by atoms with E-state index in [1.54, 1.807) is 19.1 Å². The van der Waals surface area contributed by atoms with E-state index in [0.29, 0.717) is 11.4 Å². The highest BCUT2D eigenvalue weighted by atomic mass is 32.2. The van der Waals surface area contributed by atoms with Gasteiger partial charge in [-0.25, -0.2) is 8.42 Å². The molecule has 0 aliphatic carbocycles. The van der Waals surface area contributed by atoms with E-state index in [-0.39, 0.29) is 5.91 Å². The quantitative estimate of drug-likeness (QED) is 0.859. The zero-order valence-corrected chi connectivity index (χ0v) is 15.8. The number of hydrogen-bond acceptors (Lipinski definition) is 3. The fraction of sp³-hybridized carbons (Fsp3) is 0.316. The molecule has 25 heavy (non-hydrogen) atoms. The molecule has 0 bridgehead atoms. The third-order valence-corrected chi connectivity index (χ3v) is 5.27. The Kier molecular flexibility index (Phi) is 5.85. The minimum atomic E-state index is -3.61. The van der Waals surface area contributed by atoms with E-state index in [9.17, 15) is 13.2 Å². The van der Waals surface area contributed by atoms with Crippen LogP contribution in [0, 0.1) is 6.92 Å². The molecule has 6 heteroatoms. The van der Waals surface area contributed by atoms with E-state index in [1.807, 2.05) is 50.2 Å². The van der Waals surface area contributed by atoms with Crippen molar-refractivity contribution >= 4 is 27.3 Å². The zero-order chi connectivity index (χ0) is 18.6. The number of rotatable bonds is 6. The number of hydrogen-bond donors (Lipinski definition) is 1. The van der Waals surface area contributed by atoms with Crippen LogP contribution in [0.5, 0.6) is 0 Å². The SMILES string of the molecule is CCc1ccccc1NC(=O)[C@H](C)N(c1ccc(C)cc1)S(C)(=O)=O. The van der Waals surface area contributed by atoms with Crippen molar-refractivity contribution in [3.8, 4) is 0 Å². The largest absolute Gasteiger partial charge is 0.324 e. The maximum absolute atomic E-state index is 12.7. The van der Waals surface area contributed by atoms with Gasteiger partial charge in [0.05, 0.1) is 11.9 Å². The second kappa shape index (κ2) is 7.70. The van der Waals surface area contributed by atoms with Crippen LogP contribution in [0.15, 0.2) is 48.5 Å². The van der Waals surface area contributed by atoms with Gasteiger partial charge in [0, 0.05) is 5.69 Å².